The Bertz CT molecular complexity index is 769. The van der Waals surface area contributed by atoms with E-state index < -0.39 is 6.23 Å². The lowest BCUT2D eigenvalue weighted by Crippen LogP contribution is -2.39. The number of carbonyl (C=O) groups excluding carboxylic acids is 1. The highest BCUT2D eigenvalue weighted by molar-refractivity contribution is 5.96. The summed E-state index contributed by atoms with van der Waals surface area (Å²) >= 11 is 0. The number of likely N-dealkylation sites (tertiary alicyclic amines) is 1. The van der Waals surface area contributed by atoms with Crippen LogP contribution in [0.5, 0.6) is 0 Å². The number of ketones is 1. The first kappa shape index (κ1) is 18.4. The highest BCUT2D eigenvalue weighted by Gasteiger charge is 2.30. The third kappa shape index (κ3) is 4.29. The van der Waals surface area contributed by atoms with E-state index in [9.17, 15) is 9.90 Å². The van der Waals surface area contributed by atoms with Crippen molar-refractivity contribution in [3.8, 4) is 0 Å². The maximum absolute atomic E-state index is 12.3. The maximum Gasteiger partial charge on any atom is 0.164 e. The molecule has 2 heterocycles. The van der Waals surface area contributed by atoms with Crippen molar-refractivity contribution >= 4 is 5.78 Å². The second-order valence-corrected chi connectivity index (χ2v) is 7.83. The van der Waals surface area contributed by atoms with Crippen molar-refractivity contribution < 1.29 is 9.90 Å². The van der Waals surface area contributed by atoms with Gasteiger partial charge in [0.1, 0.15) is 6.23 Å². The largest absolute Gasteiger partial charge is 0.374 e. The molecule has 0 aromatic heterocycles. The van der Waals surface area contributed by atoms with Gasteiger partial charge in [-0.25, -0.2) is 0 Å². The SMILES string of the molecule is O=C(CCN1CCC(CN2Cc3ccccc3C2O)CC1)c1ccccc1. The van der Waals surface area contributed by atoms with Crippen LogP contribution in [-0.2, 0) is 6.54 Å². The average molecular weight is 364 g/mol. The molecule has 2 aromatic carbocycles. The molecule has 4 rings (SSSR count). The van der Waals surface area contributed by atoms with Gasteiger partial charge in [0.15, 0.2) is 5.78 Å². The predicted molar refractivity (Wildman–Crippen MR) is 106 cm³/mol. The molecule has 1 saturated heterocycles. The lowest BCUT2D eigenvalue weighted by atomic mass is 9.95. The van der Waals surface area contributed by atoms with E-state index in [1.54, 1.807) is 0 Å². The first-order valence-corrected chi connectivity index (χ1v) is 10.0. The number of aliphatic hydroxyl groups excluding tert-OH is 1. The number of fused-ring (bicyclic) bond motifs is 1. The molecule has 27 heavy (non-hydrogen) atoms. The molecule has 0 saturated carbocycles. The van der Waals surface area contributed by atoms with Crippen LogP contribution in [-0.4, -0.2) is 46.9 Å². The van der Waals surface area contributed by atoms with Gasteiger partial charge in [-0.3, -0.25) is 9.69 Å². The van der Waals surface area contributed by atoms with Crippen LogP contribution in [0.2, 0.25) is 0 Å². The molecule has 0 spiro atoms. The lowest BCUT2D eigenvalue weighted by molar-refractivity contribution is -0.00376. The summed E-state index contributed by atoms with van der Waals surface area (Å²) in [5.74, 6) is 0.853. The van der Waals surface area contributed by atoms with Crippen molar-refractivity contribution in [1.29, 1.82) is 0 Å². The van der Waals surface area contributed by atoms with Gasteiger partial charge in [-0.05, 0) is 43.0 Å². The summed E-state index contributed by atoms with van der Waals surface area (Å²) in [6, 6.07) is 17.8. The molecule has 2 aliphatic rings. The summed E-state index contributed by atoms with van der Waals surface area (Å²) in [6.07, 6.45) is 2.41. The Labute approximate surface area is 161 Å². The standard InChI is InChI=1S/C23H28N2O2/c26-22(19-6-2-1-3-7-19)12-15-24-13-10-18(11-14-24)16-25-17-20-8-4-5-9-21(20)23(25)27/h1-9,18,23,27H,10-17H2. The van der Waals surface area contributed by atoms with Crippen molar-refractivity contribution in [3.05, 3.63) is 71.3 Å². The van der Waals surface area contributed by atoms with E-state index in [1.807, 2.05) is 48.5 Å². The number of carbonyl (C=O) groups is 1. The van der Waals surface area contributed by atoms with Gasteiger partial charge in [0, 0.05) is 31.6 Å². The van der Waals surface area contributed by atoms with Gasteiger partial charge in [-0.15, -0.1) is 0 Å². The van der Waals surface area contributed by atoms with Gasteiger partial charge in [-0.1, -0.05) is 54.6 Å². The van der Waals surface area contributed by atoms with Crippen LogP contribution in [0.15, 0.2) is 54.6 Å². The van der Waals surface area contributed by atoms with Gasteiger partial charge < -0.3 is 10.0 Å². The fourth-order valence-corrected chi connectivity index (χ4v) is 4.35. The number of piperidine rings is 1. The second kappa shape index (κ2) is 8.34. The summed E-state index contributed by atoms with van der Waals surface area (Å²) in [5, 5.41) is 10.6. The van der Waals surface area contributed by atoms with Crippen LogP contribution in [0.25, 0.3) is 0 Å². The van der Waals surface area contributed by atoms with Gasteiger partial charge >= 0.3 is 0 Å². The smallest absolute Gasteiger partial charge is 0.164 e. The summed E-state index contributed by atoms with van der Waals surface area (Å²) in [7, 11) is 0. The monoisotopic (exact) mass is 364 g/mol. The summed E-state index contributed by atoms with van der Waals surface area (Å²) in [5.41, 5.74) is 3.13. The molecule has 1 fully saturated rings. The summed E-state index contributed by atoms with van der Waals surface area (Å²) in [4.78, 5) is 16.9. The Morgan fingerprint density at radius 2 is 1.70 bits per heavy atom. The molecule has 0 amide bonds. The molecule has 1 N–H and O–H groups in total. The molecule has 0 bridgehead atoms. The molecule has 4 heteroatoms. The van der Waals surface area contributed by atoms with Gasteiger partial charge in [0.2, 0.25) is 0 Å². The molecule has 1 unspecified atom stereocenters. The predicted octanol–water partition coefficient (Wildman–Crippen LogP) is 3.48. The third-order valence-electron chi connectivity index (χ3n) is 6.00. The van der Waals surface area contributed by atoms with Gasteiger partial charge in [0.05, 0.1) is 0 Å². The van der Waals surface area contributed by atoms with Crippen LogP contribution in [0.4, 0.5) is 0 Å². The Morgan fingerprint density at radius 1 is 1.00 bits per heavy atom. The average Bonchev–Trinajstić information content (AvgIpc) is 3.03. The number of aliphatic hydroxyl groups is 1. The van der Waals surface area contributed by atoms with Gasteiger partial charge in [-0.2, -0.15) is 0 Å². The van der Waals surface area contributed by atoms with E-state index in [0.29, 0.717) is 12.3 Å². The van der Waals surface area contributed by atoms with E-state index in [4.69, 9.17) is 0 Å². The summed E-state index contributed by atoms with van der Waals surface area (Å²) in [6.45, 7) is 4.74. The maximum atomic E-state index is 12.3. The van der Waals surface area contributed by atoms with Crippen LogP contribution in [0.1, 0.15) is 47.0 Å². The van der Waals surface area contributed by atoms with Gasteiger partial charge in [0.25, 0.3) is 0 Å². The number of hydrogen-bond donors (Lipinski definition) is 1. The quantitative estimate of drug-likeness (QED) is 0.797. The van der Waals surface area contributed by atoms with Crippen LogP contribution in [0.3, 0.4) is 0 Å². The first-order valence-electron chi connectivity index (χ1n) is 10.0. The lowest BCUT2D eigenvalue weighted by Gasteiger charge is -2.34. The molecule has 2 aliphatic heterocycles. The van der Waals surface area contributed by atoms with E-state index in [-0.39, 0.29) is 5.78 Å². The Morgan fingerprint density at radius 3 is 2.44 bits per heavy atom. The molecule has 1 atom stereocenters. The highest BCUT2D eigenvalue weighted by atomic mass is 16.3. The van der Waals surface area contributed by atoms with Crippen LogP contribution < -0.4 is 0 Å². The molecule has 142 valence electrons. The van der Waals surface area contributed by atoms with Crippen molar-refractivity contribution in [2.24, 2.45) is 5.92 Å². The summed E-state index contributed by atoms with van der Waals surface area (Å²) < 4.78 is 0. The van der Waals surface area contributed by atoms with Crippen LogP contribution in [0, 0.1) is 5.92 Å². The molecular weight excluding hydrogens is 336 g/mol. The molecule has 2 aromatic rings. The van der Waals surface area contributed by atoms with Crippen molar-refractivity contribution in [3.63, 3.8) is 0 Å². The van der Waals surface area contributed by atoms with Crippen molar-refractivity contribution in [1.82, 2.24) is 9.80 Å². The number of hydrogen-bond acceptors (Lipinski definition) is 4. The molecule has 4 nitrogen and oxygen atoms in total. The highest BCUT2D eigenvalue weighted by Crippen LogP contribution is 2.33. The van der Waals surface area contributed by atoms with E-state index in [0.717, 1.165) is 56.7 Å². The molecule has 0 aliphatic carbocycles. The fraction of sp³-hybridized carbons (Fsp3) is 0.435. The zero-order valence-electron chi connectivity index (χ0n) is 15.8. The first-order chi connectivity index (χ1) is 13.2. The third-order valence-corrected chi connectivity index (χ3v) is 6.00. The topological polar surface area (TPSA) is 43.8 Å². The zero-order valence-corrected chi connectivity index (χ0v) is 15.8. The zero-order chi connectivity index (χ0) is 18.6. The number of nitrogens with zero attached hydrogens (tertiary/aromatic N) is 2. The van der Waals surface area contributed by atoms with Crippen LogP contribution >= 0.6 is 0 Å². The number of Topliss-reactive ketones (excluding diaryl/α,β-unsaturated/α-hetero) is 1. The molecule has 0 radical (unpaired) electrons. The minimum Gasteiger partial charge on any atom is -0.374 e. The fourth-order valence-electron chi connectivity index (χ4n) is 4.35. The normalized spacial score (nSPS) is 21.3. The minimum absolute atomic E-state index is 0.232. The Balaban J connectivity index is 1.21. The van der Waals surface area contributed by atoms with E-state index >= 15 is 0 Å². The Kier molecular flexibility index (Phi) is 5.67. The van der Waals surface area contributed by atoms with E-state index in [1.165, 1.54) is 5.56 Å². The molecular formula is C23H28N2O2. The second-order valence-electron chi connectivity index (χ2n) is 7.83. The number of rotatable bonds is 6. The minimum atomic E-state index is -0.456. The van der Waals surface area contributed by atoms with E-state index in [2.05, 4.69) is 15.9 Å². The number of benzene rings is 2. The van der Waals surface area contributed by atoms with Crippen molar-refractivity contribution in [2.45, 2.75) is 32.0 Å². The van der Waals surface area contributed by atoms with Crippen molar-refractivity contribution in [2.75, 3.05) is 26.2 Å². The Hall–Kier alpha value is -2.01.